The van der Waals surface area contributed by atoms with E-state index in [0.29, 0.717) is 5.92 Å². The maximum Gasteiger partial charge on any atom is 0.304 e. The van der Waals surface area contributed by atoms with Gasteiger partial charge in [0.25, 0.3) is 0 Å². The van der Waals surface area contributed by atoms with Crippen molar-refractivity contribution in [2.75, 3.05) is 23.7 Å². The van der Waals surface area contributed by atoms with Crippen molar-refractivity contribution < 1.29 is 12.3 Å². The van der Waals surface area contributed by atoms with Crippen molar-refractivity contribution >= 4 is 16.0 Å². The molecule has 0 bridgehead atoms. The Morgan fingerprint density at radius 1 is 1.39 bits per heavy atom. The molecule has 1 saturated carbocycles. The molecule has 100 valence electrons. The second-order valence-corrected chi connectivity index (χ2v) is 6.49. The van der Waals surface area contributed by atoms with Crippen LogP contribution in [0.1, 0.15) is 30.7 Å². The van der Waals surface area contributed by atoms with E-state index >= 15 is 0 Å². The van der Waals surface area contributed by atoms with Crippen LogP contribution in [0.5, 0.6) is 0 Å². The number of anilines is 1. The van der Waals surface area contributed by atoms with Crippen molar-refractivity contribution in [3.63, 3.8) is 0 Å². The highest BCUT2D eigenvalue weighted by Crippen LogP contribution is 2.45. The van der Waals surface area contributed by atoms with Crippen LogP contribution in [0.15, 0.2) is 6.20 Å². The van der Waals surface area contributed by atoms with Gasteiger partial charge in [0.2, 0.25) is 0 Å². The van der Waals surface area contributed by atoms with Gasteiger partial charge >= 0.3 is 10.2 Å². The summed E-state index contributed by atoms with van der Waals surface area (Å²) in [5.41, 5.74) is 1.20. The first-order valence-corrected chi connectivity index (χ1v) is 7.83. The van der Waals surface area contributed by atoms with Crippen LogP contribution in [-0.2, 0) is 16.8 Å². The summed E-state index contributed by atoms with van der Waals surface area (Å²) in [5, 5.41) is 4.34. The molecule has 7 heteroatoms. The van der Waals surface area contributed by atoms with E-state index in [4.69, 9.17) is 0 Å². The molecule has 0 spiro atoms. The summed E-state index contributed by atoms with van der Waals surface area (Å²) in [5.74, 6) is 1.13. The van der Waals surface area contributed by atoms with Gasteiger partial charge in [-0.3, -0.25) is 0 Å². The molecule has 0 N–H and O–H groups in total. The van der Waals surface area contributed by atoms with E-state index < -0.39 is 16.0 Å². The van der Waals surface area contributed by atoms with Crippen molar-refractivity contribution in [1.29, 1.82) is 0 Å². The van der Waals surface area contributed by atoms with Gasteiger partial charge in [-0.25, -0.2) is 4.68 Å². The summed E-state index contributed by atoms with van der Waals surface area (Å²) < 4.78 is 35.8. The maximum atomic E-state index is 12.6. The smallest absolute Gasteiger partial charge is 0.304 e. The zero-order valence-electron chi connectivity index (χ0n) is 10.0. The summed E-state index contributed by atoms with van der Waals surface area (Å²) in [7, 11) is -4.40. The van der Waals surface area contributed by atoms with Crippen molar-refractivity contribution in [3.05, 3.63) is 11.8 Å². The number of rotatable bonds is 4. The zero-order chi connectivity index (χ0) is 12.8. The summed E-state index contributed by atoms with van der Waals surface area (Å²) in [6, 6.07) is 0. The second kappa shape index (κ2) is 4.22. The highest BCUT2D eigenvalue weighted by atomic mass is 32.3. The van der Waals surface area contributed by atoms with Crippen LogP contribution in [0.3, 0.4) is 0 Å². The highest BCUT2D eigenvalue weighted by molar-refractivity contribution is 7.86. The van der Waals surface area contributed by atoms with E-state index in [1.54, 1.807) is 0 Å². The Morgan fingerprint density at radius 3 is 2.83 bits per heavy atom. The summed E-state index contributed by atoms with van der Waals surface area (Å²) in [6.07, 6.45) is 5.16. The summed E-state index contributed by atoms with van der Waals surface area (Å²) in [4.78, 5) is 1.96. The van der Waals surface area contributed by atoms with Gasteiger partial charge in [0, 0.05) is 25.2 Å². The quantitative estimate of drug-likeness (QED) is 0.775. The van der Waals surface area contributed by atoms with Gasteiger partial charge in [-0.2, -0.15) is 13.5 Å². The molecule has 1 aromatic heterocycles. The lowest BCUT2D eigenvalue weighted by Gasteiger charge is -2.30. The summed E-state index contributed by atoms with van der Waals surface area (Å²) >= 11 is 0. The van der Waals surface area contributed by atoms with E-state index in [-0.39, 0.29) is 6.54 Å². The van der Waals surface area contributed by atoms with Crippen LogP contribution in [0.2, 0.25) is 0 Å². The first-order valence-electron chi connectivity index (χ1n) is 6.27. The van der Waals surface area contributed by atoms with Crippen LogP contribution in [0, 0.1) is 0 Å². The Bertz CT molecular complexity index is 551. The van der Waals surface area contributed by atoms with Crippen molar-refractivity contribution in [3.8, 4) is 0 Å². The van der Waals surface area contributed by atoms with Crippen molar-refractivity contribution in [1.82, 2.24) is 9.78 Å². The van der Waals surface area contributed by atoms with Crippen LogP contribution in [0.4, 0.5) is 9.70 Å². The molecule has 0 unspecified atom stereocenters. The van der Waals surface area contributed by atoms with E-state index in [1.165, 1.54) is 18.4 Å². The Kier molecular flexibility index (Phi) is 2.80. The molecule has 2 heterocycles. The predicted octanol–water partition coefficient (Wildman–Crippen LogP) is 1.27. The van der Waals surface area contributed by atoms with E-state index in [2.05, 4.69) is 5.10 Å². The second-order valence-electron chi connectivity index (χ2n) is 5.00. The zero-order valence-corrected chi connectivity index (χ0v) is 10.9. The van der Waals surface area contributed by atoms with Gasteiger partial charge in [0.05, 0.1) is 11.9 Å². The number of halogens is 1. The molecule has 1 aliphatic heterocycles. The van der Waals surface area contributed by atoms with Crippen molar-refractivity contribution in [2.45, 2.75) is 31.7 Å². The molecule has 1 aromatic rings. The molecule has 0 radical (unpaired) electrons. The fraction of sp³-hybridized carbons (Fsp3) is 0.727. The highest BCUT2D eigenvalue weighted by Gasteiger charge is 2.32. The lowest BCUT2D eigenvalue weighted by atomic mass is 10.2. The lowest BCUT2D eigenvalue weighted by Crippen LogP contribution is -2.36. The molecule has 0 atom stereocenters. The molecule has 0 aromatic carbocycles. The maximum absolute atomic E-state index is 12.6. The third kappa shape index (κ3) is 2.36. The largest absolute Gasteiger partial charge is 0.355 e. The number of aromatic nitrogens is 2. The van der Waals surface area contributed by atoms with Gasteiger partial charge < -0.3 is 4.90 Å². The Labute approximate surface area is 106 Å². The molecule has 5 nitrogen and oxygen atoms in total. The molecule has 0 amide bonds. The molecule has 18 heavy (non-hydrogen) atoms. The molecule has 3 rings (SSSR count). The topological polar surface area (TPSA) is 55.2 Å². The predicted molar refractivity (Wildman–Crippen MR) is 65.9 cm³/mol. The van der Waals surface area contributed by atoms with Crippen LogP contribution in [-0.4, -0.2) is 37.0 Å². The van der Waals surface area contributed by atoms with E-state index in [1.807, 2.05) is 15.8 Å². The molecule has 0 saturated heterocycles. The normalized spacial score (nSPS) is 19.9. The van der Waals surface area contributed by atoms with Gasteiger partial charge in [-0.1, -0.05) is 0 Å². The average Bonchev–Trinajstić information content (AvgIpc) is 3.05. The van der Waals surface area contributed by atoms with Crippen LogP contribution < -0.4 is 4.90 Å². The van der Waals surface area contributed by atoms with Gasteiger partial charge in [0.1, 0.15) is 5.82 Å². The minimum absolute atomic E-state index is 0.213. The molecule has 1 fully saturated rings. The first kappa shape index (κ1) is 12.0. The third-order valence-electron chi connectivity index (χ3n) is 3.56. The average molecular weight is 273 g/mol. The monoisotopic (exact) mass is 273 g/mol. The van der Waals surface area contributed by atoms with Crippen molar-refractivity contribution in [2.24, 2.45) is 0 Å². The minimum Gasteiger partial charge on any atom is -0.355 e. The fourth-order valence-electron chi connectivity index (χ4n) is 2.54. The number of hydrogen-bond acceptors (Lipinski definition) is 4. The SMILES string of the molecule is O=S(=O)(F)CCN1CCCn2ncc(C3CC3)c21. The standard InChI is InChI=1S/C11H16FN3O2S/c12-18(16,17)7-6-14-4-1-5-15-11(14)10(8-13-15)9-2-3-9/h8-9H,1-7H2. The fourth-order valence-corrected chi connectivity index (χ4v) is 2.98. The minimum atomic E-state index is -4.40. The molecule has 2 aliphatic rings. The molecular formula is C11H16FN3O2S. The van der Waals surface area contributed by atoms with E-state index in [9.17, 15) is 12.3 Å². The van der Waals surface area contributed by atoms with E-state index in [0.717, 1.165) is 25.3 Å². The number of hydrogen-bond donors (Lipinski definition) is 0. The van der Waals surface area contributed by atoms with Gasteiger partial charge in [-0.15, -0.1) is 3.89 Å². The molecular weight excluding hydrogens is 257 g/mol. The van der Waals surface area contributed by atoms with Crippen LogP contribution in [0.25, 0.3) is 0 Å². The molecule has 1 aliphatic carbocycles. The summed E-state index contributed by atoms with van der Waals surface area (Å²) in [6.45, 7) is 1.85. The van der Waals surface area contributed by atoms with Gasteiger partial charge in [-0.05, 0) is 25.2 Å². The Morgan fingerprint density at radius 2 is 2.17 bits per heavy atom. The first-order chi connectivity index (χ1) is 8.54. The number of nitrogens with zero attached hydrogens (tertiary/aromatic N) is 3. The Hall–Kier alpha value is -1.11. The Balaban J connectivity index is 1.83. The lowest BCUT2D eigenvalue weighted by molar-refractivity contribution is 0.515. The van der Waals surface area contributed by atoms with Crippen LogP contribution >= 0.6 is 0 Å². The number of aryl methyl sites for hydroxylation is 1. The third-order valence-corrected chi connectivity index (χ3v) is 4.23. The van der Waals surface area contributed by atoms with Gasteiger partial charge in [0.15, 0.2) is 0 Å². The number of fused-ring (bicyclic) bond motifs is 1.